The molecule has 1 saturated carbocycles. The maximum Gasteiger partial charge on any atom is 0.319 e. The van der Waals surface area contributed by atoms with Gasteiger partial charge >= 0.3 is 5.97 Å². The number of rotatable bonds is 3. The van der Waals surface area contributed by atoms with E-state index in [0.717, 1.165) is 55.2 Å². The second-order valence-electron chi connectivity index (χ2n) is 8.48. The van der Waals surface area contributed by atoms with Crippen LogP contribution in [0.5, 0.6) is 5.75 Å². The van der Waals surface area contributed by atoms with Gasteiger partial charge in [0.15, 0.2) is 0 Å². The summed E-state index contributed by atoms with van der Waals surface area (Å²) in [4.78, 5) is 19.5. The predicted molar refractivity (Wildman–Crippen MR) is 104 cm³/mol. The Balaban J connectivity index is 1.74. The van der Waals surface area contributed by atoms with Crippen molar-refractivity contribution in [1.82, 2.24) is 9.88 Å². The number of aromatic amines is 1. The molecule has 4 heterocycles. The van der Waals surface area contributed by atoms with E-state index < -0.39 is 5.41 Å². The molecule has 1 aromatic carbocycles. The zero-order valence-corrected chi connectivity index (χ0v) is 16.4. The molecule has 3 aliphatic heterocycles. The Morgan fingerprint density at radius 1 is 1.37 bits per heavy atom. The summed E-state index contributed by atoms with van der Waals surface area (Å²) < 4.78 is 10.9. The fourth-order valence-corrected chi connectivity index (χ4v) is 6.27. The van der Waals surface area contributed by atoms with Crippen molar-refractivity contribution >= 4 is 16.9 Å². The Kier molecular flexibility index (Phi) is 3.80. The molecular weight excluding hydrogens is 340 g/mol. The summed E-state index contributed by atoms with van der Waals surface area (Å²) in [6, 6.07) is 6.39. The number of hydrogen-bond acceptors (Lipinski definition) is 4. The largest absolute Gasteiger partial charge is 0.497 e. The molecule has 1 N–H and O–H groups in total. The molecule has 3 fully saturated rings. The molecule has 144 valence electrons. The number of methoxy groups -OCH3 is 2. The second-order valence-corrected chi connectivity index (χ2v) is 8.48. The third-order valence-electron chi connectivity index (χ3n) is 7.54. The zero-order chi connectivity index (χ0) is 18.8. The normalized spacial score (nSPS) is 34.2. The van der Waals surface area contributed by atoms with Crippen LogP contribution in [0, 0.1) is 11.8 Å². The predicted octanol–water partition coefficient (Wildman–Crippen LogP) is 3.26. The van der Waals surface area contributed by atoms with Crippen molar-refractivity contribution in [1.29, 1.82) is 0 Å². The Hall–Kier alpha value is -2.01. The summed E-state index contributed by atoms with van der Waals surface area (Å²) in [5, 5.41) is 1.18. The lowest BCUT2D eigenvalue weighted by atomic mass is 9.56. The summed E-state index contributed by atoms with van der Waals surface area (Å²) in [7, 11) is 3.24. The van der Waals surface area contributed by atoms with Crippen molar-refractivity contribution in [3.8, 4) is 5.75 Å². The summed E-state index contributed by atoms with van der Waals surface area (Å²) in [5.74, 6) is 2.07. The van der Waals surface area contributed by atoms with Crippen LogP contribution < -0.4 is 4.74 Å². The fourth-order valence-electron chi connectivity index (χ4n) is 6.27. The molecule has 5 atom stereocenters. The third-order valence-corrected chi connectivity index (χ3v) is 7.54. The first-order chi connectivity index (χ1) is 13.1. The lowest BCUT2D eigenvalue weighted by molar-refractivity contribution is -0.161. The average Bonchev–Trinajstić information content (AvgIpc) is 3.05. The molecule has 5 nitrogen and oxygen atoms in total. The van der Waals surface area contributed by atoms with Crippen LogP contribution in [0.2, 0.25) is 0 Å². The van der Waals surface area contributed by atoms with E-state index in [1.807, 2.05) is 6.07 Å². The molecule has 1 aromatic heterocycles. The molecule has 0 spiro atoms. The molecule has 4 bridgehead atoms. The summed E-state index contributed by atoms with van der Waals surface area (Å²) >= 11 is 0. The number of benzene rings is 1. The molecule has 1 aliphatic carbocycles. The van der Waals surface area contributed by atoms with Gasteiger partial charge in [-0.3, -0.25) is 9.69 Å². The Bertz CT molecular complexity index is 904. The lowest BCUT2D eigenvalue weighted by Crippen LogP contribution is -2.66. The van der Waals surface area contributed by atoms with E-state index in [1.165, 1.54) is 24.5 Å². The first-order valence-corrected chi connectivity index (χ1v) is 10.1. The lowest BCUT2D eigenvalue weighted by Gasteiger charge is -2.57. The highest BCUT2D eigenvalue weighted by molar-refractivity contribution is 5.92. The van der Waals surface area contributed by atoms with E-state index >= 15 is 0 Å². The van der Waals surface area contributed by atoms with Crippen molar-refractivity contribution in [3.05, 3.63) is 29.5 Å². The van der Waals surface area contributed by atoms with Gasteiger partial charge in [0.25, 0.3) is 0 Å². The molecule has 27 heavy (non-hydrogen) atoms. The van der Waals surface area contributed by atoms with Crippen molar-refractivity contribution in [2.24, 2.45) is 11.8 Å². The molecule has 6 rings (SSSR count). The van der Waals surface area contributed by atoms with Crippen molar-refractivity contribution in [2.75, 3.05) is 27.3 Å². The number of nitrogens with one attached hydrogen (secondary N) is 1. The highest BCUT2D eigenvalue weighted by Gasteiger charge is 2.61. The second kappa shape index (κ2) is 5.99. The van der Waals surface area contributed by atoms with Crippen LogP contribution in [-0.2, 0) is 21.4 Å². The van der Waals surface area contributed by atoms with Gasteiger partial charge in [-0.1, -0.05) is 13.3 Å². The minimum atomic E-state index is -0.568. The van der Waals surface area contributed by atoms with E-state index in [-0.39, 0.29) is 12.0 Å². The Morgan fingerprint density at radius 3 is 2.93 bits per heavy atom. The number of ether oxygens (including phenoxy) is 2. The van der Waals surface area contributed by atoms with E-state index in [0.29, 0.717) is 5.92 Å². The van der Waals surface area contributed by atoms with Gasteiger partial charge < -0.3 is 14.5 Å². The van der Waals surface area contributed by atoms with Crippen LogP contribution in [-0.4, -0.2) is 49.2 Å². The van der Waals surface area contributed by atoms with E-state index in [1.54, 1.807) is 7.11 Å². The average molecular weight is 368 g/mol. The zero-order valence-electron chi connectivity index (χ0n) is 16.4. The maximum absolute atomic E-state index is 13.3. The van der Waals surface area contributed by atoms with Gasteiger partial charge in [-0.15, -0.1) is 0 Å². The number of carbonyl (C=O) groups is 1. The third kappa shape index (κ3) is 2.18. The summed E-state index contributed by atoms with van der Waals surface area (Å²) in [6.07, 6.45) is 4.15. The topological polar surface area (TPSA) is 54.6 Å². The van der Waals surface area contributed by atoms with Crippen LogP contribution in [0.25, 0.3) is 10.9 Å². The molecular formula is C22H28N2O3. The Morgan fingerprint density at radius 2 is 2.22 bits per heavy atom. The highest BCUT2D eigenvalue weighted by Crippen LogP contribution is 2.55. The van der Waals surface area contributed by atoms with Gasteiger partial charge in [0.05, 0.1) is 14.2 Å². The molecule has 4 aliphatic rings. The van der Waals surface area contributed by atoms with Gasteiger partial charge in [-0.25, -0.2) is 0 Å². The quantitative estimate of drug-likeness (QED) is 0.845. The van der Waals surface area contributed by atoms with E-state index in [2.05, 4.69) is 28.9 Å². The number of H-pyrrole nitrogens is 1. The van der Waals surface area contributed by atoms with Gasteiger partial charge in [-0.2, -0.15) is 0 Å². The minimum absolute atomic E-state index is 0.0709. The maximum atomic E-state index is 13.3. The standard InChI is InChI=1S/C22H28N2O3/c1-4-13-9-19-22(21(25)27-3)11-14(13)12-24(19)8-7-16-17-10-15(26-2)5-6-18(17)23-20(16)22/h5-6,10,13-14,19,23H,4,7-9,11-12H2,1-3H3. The molecule has 5 heteroatoms. The molecule has 0 radical (unpaired) electrons. The van der Waals surface area contributed by atoms with Crippen LogP contribution >= 0.6 is 0 Å². The first kappa shape index (κ1) is 17.1. The molecule has 2 aromatic rings. The number of fused-ring (bicyclic) bond motifs is 4. The van der Waals surface area contributed by atoms with E-state index in [9.17, 15) is 4.79 Å². The van der Waals surface area contributed by atoms with Crippen LogP contribution in [0.3, 0.4) is 0 Å². The van der Waals surface area contributed by atoms with Crippen LogP contribution in [0.15, 0.2) is 18.2 Å². The monoisotopic (exact) mass is 368 g/mol. The van der Waals surface area contributed by atoms with Gasteiger partial charge in [0.2, 0.25) is 0 Å². The van der Waals surface area contributed by atoms with Gasteiger partial charge in [0.1, 0.15) is 11.2 Å². The first-order valence-electron chi connectivity index (χ1n) is 10.1. The van der Waals surface area contributed by atoms with Crippen molar-refractivity contribution in [2.45, 2.75) is 44.1 Å². The molecule has 5 unspecified atom stereocenters. The Labute approximate surface area is 160 Å². The SMILES string of the molecule is CCC1CC2N3CCc4c([nH]c5ccc(OC)cc45)C2(C(=O)OC)CC1C3. The number of aromatic nitrogens is 1. The fraction of sp³-hybridized carbons (Fsp3) is 0.591. The number of piperidine rings is 2. The van der Waals surface area contributed by atoms with Crippen molar-refractivity contribution < 1.29 is 14.3 Å². The number of nitrogens with zero attached hydrogens (tertiary/aromatic N) is 1. The summed E-state index contributed by atoms with van der Waals surface area (Å²) in [6.45, 7) is 4.41. The van der Waals surface area contributed by atoms with Crippen LogP contribution in [0.4, 0.5) is 0 Å². The van der Waals surface area contributed by atoms with E-state index in [4.69, 9.17) is 9.47 Å². The molecule has 0 amide bonds. The van der Waals surface area contributed by atoms with Crippen molar-refractivity contribution in [3.63, 3.8) is 0 Å². The minimum Gasteiger partial charge on any atom is -0.497 e. The highest BCUT2D eigenvalue weighted by atomic mass is 16.5. The molecule has 2 saturated heterocycles. The van der Waals surface area contributed by atoms with Gasteiger partial charge in [-0.05, 0) is 54.9 Å². The smallest absolute Gasteiger partial charge is 0.319 e. The van der Waals surface area contributed by atoms with Crippen LogP contribution in [0.1, 0.15) is 37.4 Å². The van der Waals surface area contributed by atoms with Gasteiger partial charge in [0, 0.05) is 35.7 Å². The summed E-state index contributed by atoms with van der Waals surface area (Å²) in [5.41, 5.74) is 2.90. The number of esters is 1. The number of hydrogen-bond donors (Lipinski definition) is 1. The number of carbonyl (C=O) groups excluding carboxylic acids is 1.